The Balaban J connectivity index is 2.33. The van der Waals surface area contributed by atoms with E-state index >= 15 is 0 Å². The summed E-state index contributed by atoms with van der Waals surface area (Å²) in [5.74, 6) is -2.19. The number of anilines is 1. The molecule has 3 N–H and O–H groups in total. The Labute approximate surface area is 119 Å². The molecular formula is C14H12N2O5. The third-order valence-corrected chi connectivity index (χ3v) is 2.73. The lowest BCUT2D eigenvalue weighted by Gasteiger charge is -2.10. The van der Waals surface area contributed by atoms with Crippen molar-refractivity contribution in [3.05, 3.63) is 47.7 Å². The zero-order valence-corrected chi connectivity index (χ0v) is 11.0. The molecule has 7 heteroatoms. The molecule has 0 aliphatic rings. The van der Waals surface area contributed by atoms with E-state index in [1.165, 1.54) is 43.6 Å². The number of carboxylic acids is 1. The largest absolute Gasteiger partial charge is 0.504 e. The minimum Gasteiger partial charge on any atom is -0.504 e. The first-order valence-corrected chi connectivity index (χ1v) is 5.90. The summed E-state index contributed by atoms with van der Waals surface area (Å²) in [5, 5.41) is 21.3. The van der Waals surface area contributed by atoms with E-state index in [0.29, 0.717) is 0 Å². The van der Waals surface area contributed by atoms with Crippen molar-refractivity contribution >= 4 is 17.7 Å². The average molecular weight is 288 g/mol. The maximum atomic E-state index is 12.1. The second-order valence-corrected chi connectivity index (χ2v) is 4.02. The van der Waals surface area contributed by atoms with Crippen molar-refractivity contribution < 1.29 is 24.5 Å². The second kappa shape index (κ2) is 5.91. The van der Waals surface area contributed by atoms with Crippen molar-refractivity contribution in [2.75, 3.05) is 12.4 Å². The van der Waals surface area contributed by atoms with Crippen LogP contribution in [0.1, 0.15) is 20.7 Å². The van der Waals surface area contributed by atoms with Gasteiger partial charge in [-0.2, -0.15) is 0 Å². The van der Waals surface area contributed by atoms with E-state index in [1.54, 1.807) is 0 Å². The number of phenols is 1. The Morgan fingerprint density at radius 1 is 1.19 bits per heavy atom. The van der Waals surface area contributed by atoms with Gasteiger partial charge in [0, 0.05) is 6.20 Å². The molecule has 1 aromatic carbocycles. The maximum absolute atomic E-state index is 12.1. The van der Waals surface area contributed by atoms with Gasteiger partial charge in [0.25, 0.3) is 5.91 Å². The summed E-state index contributed by atoms with van der Waals surface area (Å²) >= 11 is 0. The Morgan fingerprint density at radius 3 is 2.57 bits per heavy atom. The van der Waals surface area contributed by atoms with E-state index in [0.717, 1.165) is 0 Å². The van der Waals surface area contributed by atoms with Crippen LogP contribution in [0.25, 0.3) is 0 Å². The van der Waals surface area contributed by atoms with Gasteiger partial charge in [0.1, 0.15) is 11.4 Å². The topological polar surface area (TPSA) is 109 Å². The van der Waals surface area contributed by atoms with Gasteiger partial charge >= 0.3 is 5.97 Å². The molecule has 0 fully saturated rings. The lowest BCUT2D eigenvalue weighted by molar-refractivity contribution is 0.0697. The summed E-state index contributed by atoms with van der Waals surface area (Å²) in [7, 11) is 1.36. The van der Waals surface area contributed by atoms with E-state index < -0.39 is 11.9 Å². The number of amides is 1. The maximum Gasteiger partial charge on any atom is 0.339 e. The summed E-state index contributed by atoms with van der Waals surface area (Å²) in [6, 6.07) is 7.18. The number of carbonyl (C=O) groups excluding carboxylic acids is 1. The quantitative estimate of drug-likeness (QED) is 0.790. The highest BCUT2D eigenvalue weighted by Crippen LogP contribution is 2.29. The number of aromatic carboxylic acids is 1. The van der Waals surface area contributed by atoms with Crippen molar-refractivity contribution in [3.8, 4) is 11.5 Å². The zero-order chi connectivity index (χ0) is 15.4. The number of aromatic hydroxyl groups is 1. The Bertz CT molecular complexity index is 700. The lowest BCUT2D eigenvalue weighted by Crippen LogP contribution is -2.16. The van der Waals surface area contributed by atoms with Crippen LogP contribution >= 0.6 is 0 Å². The number of pyridine rings is 1. The van der Waals surface area contributed by atoms with E-state index in [-0.39, 0.29) is 28.4 Å². The molecule has 2 aromatic rings. The highest BCUT2D eigenvalue weighted by atomic mass is 16.5. The van der Waals surface area contributed by atoms with Crippen LogP contribution in [0.4, 0.5) is 5.82 Å². The molecule has 0 saturated carbocycles. The van der Waals surface area contributed by atoms with Crippen LogP contribution in [0.15, 0.2) is 36.5 Å². The van der Waals surface area contributed by atoms with Crippen LogP contribution < -0.4 is 10.1 Å². The smallest absolute Gasteiger partial charge is 0.339 e. The monoisotopic (exact) mass is 288 g/mol. The van der Waals surface area contributed by atoms with Gasteiger partial charge < -0.3 is 20.3 Å². The molecule has 1 aromatic heterocycles. The van der Waals surface area contributed by atoms with Crippen molar-refractivity contribution in [2.24, 2.45) is 0 Å². The SMILES string of the molecule is COc1cccc(C(=O)Nc2ncccc2C(=O)O)c1O. The predicted molar refractivity (Wildman–Crippen MR) is 73.8 cm³/mol. The molecule has 108 valence electrons. The normalized spacial score (nSPS) is 9.95. The fraction of sp³-hybridized carbons (Fsp3) is 0.0714. The van der Waals surface area contributed by atoms with Crippen molar-refractivity contribution in [1.29, 1.82) is 0 Å². The Hall–Kier alpha value is -3.09. The number of carboxylic acid groups (broad SMARTS) is 1. The summed E-state index contributed by atoms with van der Waals surface area (Å²) in [5.41, 5.74) is -0.190. The number of hydrogen-bond donors (Lipinski definition) is 3. The summed E-state index contributed by atoms with van der Waals surface area (Å²) in [6.07, 6.45) is 1.35. The van der Waals surface area contributed by atoms with Gasteiger partial charge in [-0.3, -0.25) is 4.79 Å². The molecule has 0 radical (unpaired) electrons. The number of methoxy groups -OCH3 is 1. The highest BCUT2D eigenvalue weighted by Gasteiger charge is 2.18. The minimum absolute atomic E-state index is 0.0451. The molecular weight excluding hydrogens is 276 g/mol. The van der Waals surface area contributed by atoms with Gasteiger partial charge in [-0.25, -0.2) is 9.78 Å². The standard InChI is InChI=1S/C14H12N2O5/c1-21-10-6-2-4-8(11(10)17)13(18)16-12-9(14(19)20)5-3-7-15-12/h2-7,17H,1H3,(H,19,20)(H,15,16,18). The number of nitrogens with one attached hydrogen (secondary N) is 1. The molecule has 0 saturated heterocycles. The number of para-hydroxylation sites is 1. The third-order valence-electron chi connectivity index (χ3n) is 2.73. The van der Waals surface area contributed by atoms with E-state index in [2.05, 4.69) is 10.3 Å². The first-order valence-electron chi connectivity index (χ1n) is 5.90. The molecule has 0 unspecified atom stereocenters. The summed E-state index contributed by atoms with van der Waals surface area (Å²) in [6.45, 7) is 0. The molecule has 2 rings (SSSR count). The van der Waals surface area contributed by atoms with Crippen molar-refractivity contribution in [3.63, 3.8) is 0 Å². The molecule has 0 spiro atoms. The summed E-state index contributed by atoms with van der Waals surface area (Å²) in [4.78, 5) is 27.0. The molecule has 7 nitrogen and oxygen atoms in total. The van der Waals surface area contributed by atoms with Gasteiger partial charge in [0.2, 0.25) is 0 Å². The Kier molecular flexibility index (Phi) is 4.03. The van der Waals surface area contributed by atoms with Gasteiger partial charge in [-0.1, -0.05) is 6.07 Å². The van der Waals surface area contributed by atoms with Gasteiger partial charge in [-0.15, -0.1) is 0 Å². The number of phenolic OH excluding ortho intramolecular Hbond substituents is 1. The number of rotatable bonds is 4. The highest BCUT2D eigenvalue weighted by molar-refractivity contribution is 6.08. The Morgan fingerprint density at radius 2 is 1.90 bits per heavy atom. The number of nitrogens with zero attached hydrogens (tertiary/aromatic N) is 1. The fourth-order valence-corrected chi connectivity index (χ4v) is 1.72. The number of aromatic nitrogens is 1. The molecule has 0 atom stereocenters. The molecule has 0 aliphatic heterocycles. The van der Waals surface area contributed by atoms with E-state index in [9.17, 15) is 14.7 Å². The van der Waals surface area contributed by atoms with Crippen molar-refractivity contribution in [1.82, 2.24) is 4.98 Å². The number of ether oxygens (including phenoxy) is 1. The average Bonchev–Trinajstić information content (AvgIpc) is 2.47. The van der Waals surface area contributed by atoms with Gasteiger partial charge in [-0.05, 0) is 24.3 Å². The molecule has 21 heavy (non-hydrogen) atoms. The van der Waals surface area contributed by atoms with Gasteiger partial charge in [0.15, 0.2) is 11.5 Å². The van der Waals surface area contributed by atoms with Crippen LogP contribution in [-0.4, -0.2) is 34.2 Å². The number of benzene rings is 1. The second-order valence-electron chi connectivity index (χ2n) is 4.02. The molecule has 1 amide bonds. The first kappa shape index (κ1) is 14.3. The van der Waals surface area contributed by atoms with Crippen molar-refractivity contribution in [2.45, 2.75) is 0 Å². The zero-order valence-electron chi connectivity index (χ0n) is 11.0. The van der Waals surface area contributed by atoms with Gasteiger partial charge in [0.05, 0.1) is 12.7 Å². The lowest BCUT2D eigenvalue weighted by atomic mass is 10.1. The molecule has 0 aliphatic carbocycles. The molecule has 0 bridgehead atoms. The van der Waals surface area contributed by atoms with Crippen LogP contribution in [-0.2, 0) is 0 Å². The first-order chi connectivity index (χ1) is 10.0. The van der Waals surface area contributed by atoms with Crippen LogP contribution in [0.5, 0.6) is 11.5 Å². The number of hydrogen-bond acceptors (Lipinski definition) is 5. The van der Waals surface area contributed by atoms with Crippen LogP contribution in [0, 0.1) is 0 Å². The van der Waals surface area contributed by atoms with E-state index in [1.807, 2.05) is 0 Å². The molecule has 1 heterocycles. The fourth-order valence-electron chi connectivity index (χ4n) is 1.72. The number of carbonyl (C=O) groups is 2. The van der Waals surface area contributed by atoms with Crippen LogP contribution in [0.3, 0.4) is 0 Å². The predicted octanol–water partition coefficient (Wildman–Crippen LogP) is 1.75. The third kappa shape index (κ3) is 2.92. The van der Waals surface area contributed by atoms with E-state index in [4.69, 9.17) is 9.84 Å². The summed E-state index contributed by atoms with van der Waals surface area (Å²) < 4.78 is 4.91. The van der Waals surface area contributed by atoms with Crippen LogP contribution in [0.2, 0.25) is 0 Å². The minimum atomic E-state index is -1.21.